The van der Waals surface area contributed by atoms with Crippen LogP contribution in [0.3, 0.4) is 0 Å². The fraction of sp³-hybridized carbons (Fsp3) is 0.375. The standard InChI is InChI=1S/C8H12S/c1-4-5-8(6-9)7(2)3/h4-7H,1H2,2-3H3/b8-5+. The summed E-state index contributed by atoms with van der Waals surface area (Å²) in [6, 6.07) is 0. The number of hydrogen-bond donors (Lipinski definition) is 0. The smallest absolute Gasteiger partial charge is 0.00482 e. The second-order valence-corrected chi connectivity index (χ2v) is 2.41. The van der Waals surface area contributed by atoms with E-state index in [-0.39, 0.29) is 0 Å². The first kappa shape index (κ1) is 8.57. The third kappa shape index (κ3) is 3.20. The van der Waals surface area contributed by atoms with E-state index < -0.39 is 0 Å². The van der Waals surface area contributed by atoms with E-state index in [0.717, 1.165) is 0 Å². The first-order valence-electron chi connectivity index (χ1n) is 3.00. The molecular weight excluding hydrogens is 128 g/mol. The van der Waals surface area contributed by atoms with Gasteiger partial charge in [0, 0.05) is 5.37 Å². The lowest BCUT2D eigenvalue weighted by Gasteiger charge is -2.01. The number of allylic oxidation sites excluding steroid dienone is 3. The van der Waals surface area contributed by atoms with Crippen molar-refractivity contribution in [3.05, 3.63) is 24.3 Å². The molecule has 0 N–H and O–H groups in total. The molecule has 0 saturated carbocycles. The van der Waals surface area contributed by atoms with Gasteiger partial charge >= 0.3 is 0 Å². The maximum Gasteiger partial charge on any atom is 0.00482 e. The van der Waals surface area contributed by atoms with Gasteiger partial charge in [0.1, 0.15) is 0 Å². The zero-order valence-electron chi connectivity index (χ0n) is 5.92. The minimum atomic E-state index is 0.514. The lowest BCUT2D eigenvalue weighted by Crippen LogP contribution is -1.92. The molecule has 0 aromatic rings. The van der Waals surface area contributed by atoms with Crippen LogP contribution in [0.5, 0.6) is 0 Å². The summed E-state index contributed by atoms with van der Waals surface area (Å²) in [7, 11) is 0. The Bertz CT molecular complexity index is 132. The van der Waals surface area contributed by atoms with Crippen molar-refractivity contribution >= 4 is 17.6 Å². The highest BCUT2D eigenvalue weighted by molar-refractivity contribution is 7.79. The van der Waals surface area contributed by atoms with E-state index in [1.807, 2.05) is 6.08 Å². The molecule has 0 saturated heterocycles. The van der Waals surface area contributed by atoms with Gasteiger partial charge in [-0.2, -0.15) is 0 Å². The van der Waals surface area contributed by atoms with Crippen molar-refractivity contribution in [3.8, 4) is 0 Å². The van der Waals surface area contributed by atoms with Crippen LogP contribution in [0.4, 0.5) is 0 Å². The van der Waals surface area contributed by atoms with Gasteiger partial charge in [0.15, 0.2) is 0 Å². The largest absolute Gasteiger partial charge is 0.0991 e. The summed E-state index contributed by atoms with van der Waals surface area (Å²) >= 11 is 4.77. The molecule has 50 valence electrons. The maximum atomic E-state index is 4.77. The monoisotopic (exact) mass is 140 g/mol. The molecule has 0 spiro atoms. The molecular formula is C8H12S. The van der Waals surface area contributed by atoms with Crippen molar-refractivity contribution in [3.63, 3.8) is 0 Å². The van der Waals surface area contributed by atoms with Crippen LogP contribution in [0.15, 0.2) is 24.3 Å². The second-order valence-electron chi connectivity index (χ2n) is 2.17. The number of hydrogen-bond acceptors (Lipinski definition) is 1. The van der Waals surface area contributed by atoms with Gasteiger partial charge in [0.2, 0.25) is 0 Å². The highest BCUT2D eigenvalue weighted by atomic mass is 32.1. The number of rotatable bonds is 3. The van der Waals surface area contributed by atoms with Crippen LogP contribution in [0.25, 0.3) is 0 Å². The molecule has 0 aliphatic carbocycles. The van der Waals surface area contributed by atoms with Crippen molar-refractivity contribution in [2.45, 2.75) is 13.8 Å². The van der Waals surface area contributed by atoms with Crippen molar-refractivity contribution < 1.29 is 0 Å². The topological polar surface area (TPSA) is 0 Å². The molecule has 0 rings (SSSR count). The molecule has 0 amide bonds. The Labute approximate surface area is 62.3 Å². The van der Waals surface area contributed by atoms with E-state index in [1.54, 1.807) is 11.4 Å². The Kier molecular flexibility index (Phi) is 4.24. The summed E-state index contributed by atoms with van der Waals surface area (Å²) in [5, 5.41) is 1.70. The normalized spacial score (nSPS) is 11.7. The van der Waals surface area contributed by atoms with E-state index in [0.29, 0.717) is 5.92 Å². The fourth-order valence-electron chi connectivity index (χ4n) is 0.504. The predicted molar refractivity (Wildman–Crippen MR) is 46.8 cm³/mol. The first-order chi connectivity index (χ1) is 4.22. The minimum Gasteiger partial charge on any atom is -0.0991 e. The molecule has 0 aromatic carbocycles. The van der Waals surface area contributed by atoms with Crippen molar-refractivity contribution in [2.75, 3.05) is 0 Å². The Morgan fingerprint density at radius 1 is 1.56 bits per heavy atom. The lowest BCUT2D eigenvalue weighted by atomic mass is 10.1. The molecule has 0 heterocycles. The summed E-state index contributed by atoms with van der Waals surface area (Å²) in [6.45, 7) is 7.81. The van der Waals surface area contributed by atoms with E-state index in [1.165, 1.54) is 5.57 Å². The highest BCUT2D eigenvalue weighted by Gasteiger charge is 1.95. The first-order valence-corrected chi connectivity index (χ1v) is 3.47. The van der Waals surface area contributed by atoms with Crippen LogP contribution >= 0.6 is 12.2 Å². The summed E-state index contributed by atoms with van der Waals surface area (Å²) in [5.74, 6) is 0.514. The van der Waals surface area contributed by atoms with Gasteiger partial charge < -0.3 is 0 Å². The zero-order chi connectivity index (χ0) is 7.28. The predicted octanol–water partition coefficient (Wildman–Crippen LogP) is 2.75. The van der Waals surface area contributed by atoms with Gasteiger partial charge in [-0.25, -0.2) is 0 Å². The Hall–Kier alpha value is -0.430. The average Bonchev–Trinajstić information content (AvgIpc) is 1.82. The van der Waals surface area contributed by atoms with Crippen LogP contribution in [0.1, 0.15) is 13.8 Å². The van der Waals surface area contributed by atoms with E-state index in [2.05, 4.69) is 20.4 Å². The molecule has 0 aliphatic rings. The van der Waals surface area contributed by atoms with E-state index in [9.17, 15) is 0 Å². The highest BCUT2D eigenvalue weighted by Crippen LogP contribution is 2.05. The second kappa shape index (κ2) is 4.45. The van der Waals surface area contributed by atoms with Crippen LogP contribution in [-0.2, 0) is 0 Å². The summed E-state index contributed by atoms with van der Waals surface area (Å²) in [4.78, 5) is 0. The van der Waals surface area contributed by atoms with Crippen LogP contribution in [-0.4, -0.2) is 5.37 Å². The SMILES string of the molecule is C=C/C=C(\C=S)C(C)C. The number of thiocarbonyl (C=S) groups is 1. The molecule has 0 atom stereocenters. The quantitative estimate of drug-likeness (QED) is 0.330. The molecule has 9 heavy (non-hydrogen) atoms. The van der Waals surface area contributed by atoms with Crippen LogP contribution in [0, 0.1) is 5.92 Å². The summed E-state index contributed by atoms with van der Waals surface area (Å²) in [6.07, 6.45) is 3.70. The van der Waals surface area contributed by atoms with Gasteiger partial charge in [-0.1, -0.05) is 44.8 Å². The summed E-state index contributed by atoms with van der Waals surface area (Å²) in [5.41, 5.74) is 1.17. The lowest BCUT2D eigenvalue weighted by molar-refractivity contribution is 0.809. The van der Waals surface area contributed by atoms with E-state index >= 15 is 0 Å². The third-order valence-corrected chi connectivity index (χ3v) is 1.39. The van der Waals surface area contributed by atoms with E-state index in [4.69, 9.17) is 12.2 Å². The Morgan fingerprint density at radius 3 is 2.22 bits per heavy atom. The molecule has 1 heteroatoms. The fourth-order valence-corrected chi connectivity index (χ4v) is 0.855. The van der Waals surface area contributed by atoms with Gasteiger partial charge in [-0.15, -0.1) is 0 Å². The summed E-state index contributed by atoms with van der Waals surface area (Å²) < 4.78 is 0. The Morgan fingerprint density at radius 2 is 2.11 bits per heavy atom. The van der Waals surface area contributed by atoms with Crippen LogP contribution in [0.2, 0.25) is 0 Å². The van der Waals surface area contributed by atoms with Gasteiger partial charge in [0.05, 0.1) is 0 Å². The van der Waals surface area contributed by atoms with Gasteiger partial charge in [-0.05, 0) is 11.5 Å². The Balaban J connectivity index is 4.13. The van der Waals surface area contributed by atoms with Crippen molar-refractivity contribution in [1.29, 1.82) is 0 Å². The molecule has 0 aliphatic heterocycles. The van der Waals surface area contributed by atoms with Crippen molar-refractivity contribution in [1.82, 2.24) is 0 Å². The van der Waals surface area contributed by atoms with Crippen LogP contribution < -0.4 is 0 Å². The molecule has 0 aromatic heterocycles. The third-order valence-electron chi connectivity index (χ3n) is 1.11. The minimum absolute atomic E-state index is 0.514. The molecule has 0 unspecified atom stereocenters. The molecule has 0 fully saturated rings. The average molecular weight is 140 g/mol. The van der Waals surface area contributed by atoms with Gasteiger partial charge in [0.25, 0.3) is 0 Å². The van der Waals surface area contributed by atoms with Gasteiger partial charge in [-0.3, -0.25) is 0 Å². The van der Waals surface area contributed by atoms with Crippen molar-refractivity contribution in [2.24, 2.45) is 5.92 Å². The molecule has 0 bridgehead atoms. The molecule has 0 nitrogen and oxygen atoms in total. The zero-order valence-corrected chi connectivity index (χ0v) is 6.74. The maximum absolute atomic E-state index is 4.77. The molecule has 0 radical (unpaired) electrons.